The molecule has 0 aromatic carbocycles. The van der Waals surface area contributed by atoms with Crippen LogP contribution in [0.2, 0.25) is 0 Å². The number of aromatic nitrogens is 2. The smallest absolute Gasteiger partial charge is 0.251 e. The number of halogens is 1. The van der Waals surface area contributed by atoms with Crippen LogP contribution in [-0.4, -0.2) is 15.9 Å². The summed E-state index contributed by atoms with van der Waals surface area (Å²) in [4.78, 5) is 20.3. The summed E-state index contributed by atoms with van der Waals surface area (Å²) in [5.74, 6) is -0.0918. The molecule has 2 rings (SSSR count). The van der Waals surface area contributed by atoms with Crippen molar-refractivity contribution in [3.05, 3.63) is 58.6 Å². The van der Waals surface area contributed by atoms with Gasteiger partial charge in [-0.3, -0.25) is 14.8 Å². The number of carbonyl (C=O) groups excluding carboxylic acids is 1. The first-order valence-electron chi connectivity index (χ1n) is 6.52. The normalized spacial score (nSPS) is 11.9. The van der Waals surface area contributed by atoms with Crippen molar-refractivity contribution in [3.8, 4) is 0 Å². The molecule has 0 aliphatic rings. The molecule has 5 heteroatoms. The van der Waals surface area contributed by atoms with Crippen LogP contribution < -0.4 is 5.32 Å². The van der Waals surface area contributed by atoms with Gasteiger partial charge < -0.3 is 5.32 Å². The summed E-state index contributed by atoms with van der Waals surface area (Å²) < 4.78 is 0.911. The van der Waals surface area contributed by atoms with E-state index in [-0.39, 0.29) is 11.9 Å². The number of hydrogen-bond acceptors (Lipinski definition) is 3. The first kappa shape index (κ1) is 14.7. The summed E-state index contributed by atoms with van der Waals surface area (Å²) in [6.07, 6.45) is 8.60. The van der Waals surface area contributed by atoms with E-state index in [4.69, 9.17) is 0 Å². The Kier molecular flexibility index (Phi) is 5.24. The standard InChI is InChI=1S/C15H16BrN3O/c1-2-3-14(12-8-13(16)10-18-9-12)19-15(20)11-4-6-17-7-5-11/h4-10,14H,2-3H2,1H3,(H,19,20)/t14-/m0/s1. The van der Waals surface area contributed by atoms with Gasteiger partial charge in [0, 0.05) is 34.8 Å². The van der Waals surface area contributed by atoms with Crippen LogP contribution in [0.15, 0.2) is 47.5 Å². The van der Waals surface area contributed by atoms with Crippen LogP contribution in [0.1, 0.15) is 41.7 Å². The summed E-state index contributed by atoms with van der Waals surface area (Å²) in [5, 5.41) is 3.05. The predicted molar refractivity (Wildman–Crippen MR) is 81.3 cm³/mol. The van der Waals surface area contributed by atoms with Gasteiger partial charge in [-0.25, -0.2) is 0 Å². The maximum absolute atomic E-state index is 12.2. The van der Waals surface area contributed by atoms with Crippen LogP contribution in [0.3, 0.4) is 0 Å². The Balaban J connectivity index is 2.16. The molecule has 0 saturated carbocycles. The topological polar surface area (TPSA) is 54.9 Å². The van der Waals surface area contributed by atoms with Crippen molar-refractivity contribution < 1.29 is 4.79 Å². The van der Waals surface area contributed by atoms with Gasteiger partial charge >= 0.3 is 0 Å². The van der Waals surface area contributed by atoms with Crippen molar-refractivity contribution in [2.24, 2.45) is 0 Å². The van der Waals surface area contributed by atoms with Crippen molar-refractivity contribution in [2.45, 2.75) is 25.8 Å². The molecule has 1 N–H and O–H groups in total. The predicted octanol–water partition coefficient (Wildman–Crippen LogP) is 3.51. The average Bonchev–Trinajstić information content (AvgIpc) is 2.47. The van der Waals surface area contributed by atoms with Crippen LogP contribution in [0.25, 0.3) is 0 Å². The molecule has 0 saturated heterocycles. The highest BCUT2D eigenvalue weighted by Gasteiger charge is 2.15. The zero-order valence-corrected chi connectivity index (χ0v) is 12.8. The van der Waals surface area contributed by atoms with Crippen LogP contribution in [0, 0.1) is 0 Å². The first-order chi connectivity index (χ1) is 9.70. The van der Waals surface area contributed by atoms with Gasteiger partial charge in [-0.1, -0.05) is 13.3 Å². The second kappa shape index (κ2) is 7.14. The third kappa shape index (κ3) is 3.87. The Hall–Kier alpha value is -1.75. The molecular formula is C15H16BrN3O. The van der Waals surface area contributed by atoms with Crippen molar-refractivity contribution in [2.75, 3.05) is 0 Å². The van der Waals surface area contributed by atoms with Crippen molar-refractivity contribution in [3.63, 3.8) is 0 Å². The molecule has 2 aromatic heterocycles. The monoisotopic (exact) mass is 333 g/mol. The van der Waals surface area contributed by atoms with E-state index >= 15 is 0 Å². The number of hydrogen-bond donors (Lipinski definition) is 1. The number of rotatable bonds is 5. The van der Waals surface area contributed by atoms with Crippen molar-refractivity contribution in [1.29, 1.82) is 0 Å². The minimum atomic E-state index is -0.0918. The Bertz CT molecular complexity index is 574. The molecule has 4 nitrogen and oxygen atoms in total. The van der Waals surface area contributed by atoms with Gasteiger partial charge in [0.2, 0.25) is 0 Å². The Morgan fingerprint density at radius 3 is 2.70 bits per heavy atom. The molecule has 2 aromatic rings. The van der Waals surface area contributed by atoms with E-state index < -0.39 is 0 Å². The molecule has 0 spiro atoms. The fraction of sp³-hybridized carbons (Fsp3) is 0.267. The van der Waals surface area contributed by atoms with Crippen LogP contribution in [0.4, 0.5) is 0 Å². The molecule has 0 aliphatic heterocycles. The minimum Gasteiger partial charge on any atom is -0.345 e. The summed E-state index contributed by atoms with van der Waals surface area (Å²) in [6, 6.07) is 5.36. The Labute approximate surface area is 126 Å². The lowest BCUT2D eigenvalue weighted by atomic mass is 10.0. The molecule has 0 bridgehead atoms. The average molecular weight is 334 g/mol. The lowest BCUT2D eigenvalue weighted by Crippen LogP contribution is -2.28. The summed E-state index contributed by atoms with van der Waals surface area (Å²) in [5.41, 5.74) is 1.62. The van der Waals surface area contributed by atoms with Crippen molar-refractivity contribution >= 4 is 21.8 Å². The van der Waals surface area contributed by atoms with E-state index in [0.717, 1.165) is 22.9 Å². The molecular weight excluding hydrogens is 318 g/mol. The largest absolute Gasteiger partial charge is 0.345 e. The second-order valence-corrected chi connectivity index (χ2v) is 5.40. The molecule has 0 radical (unpaired) electrons. The van der Waals surface area contributed by atoms with E-state index in [1.165, 1.54) is 0 Å². The zero-order valence-electron chi connectivity index (χ0n) is 11.2. The van der Waals surface area contributed by atoms with Gasteiger partial charge in [0.15, 0.2) is 0 Å². The zero-order chi connectivity index (χ0) is 14.4. The molecule has 0 unspecified atom stereocenters. The van der Waals surface area contributed by atoms with Gasteiger partial charge in [0.25, 0.3) is 5.91 Å². The number of pyridine rings is 2. The lowest BCUT2D eigenvalue weighted by Gasteiger charge is -2.18. The summed E-state index contributed by atoms with van der Waals surface area (Å²) in [7, 11) is 0. The van der Waals surface area contributed by atoms with Crippen LogP contribution in [-0.2, 0) is 0 Å². The molecule has 0 fully saturated rings. The molecule has 0 aliphatic carbocycles. The van der Waals surface area contributed by atoms with E-state index in [0.29, 0.717) is 5.56 Å². The first-order valence-corrected chi connectivity index (χ1v) is 7.31. The highest BCUT2D eigenvalue weighted by atomic mass is 79.9. The Morgan fingerprint density at radius 1 is 1.30 bits per heavy atom. The molecule has 2 heterocycles. The third-order valence-electron chi connectivity index (χ3n) is 2.95. The third-order valence-corrected chi connectivity index (χ3v) is 3.39. The van der Waals surface area contributed by atoms with Gasteiger partial charge in [0.1, 0.15) is 0 Å². The second-order valence-electron chi connectivity index (χ2n) is 4.49. The van der Waals surface area contributed by atoms with Crippen LogP contribution in [0.5, 0.6) is 0 Å². The molecule has 1 amide bonds. The molecule has 1 atom stereocenters. The SMILES string of the molecule is CCC[C@H](NC(=O)c1ccncc1)c1cncc(Br)c1. The van der Waals surface area contributed by atoms with Gasteiger partial charge in [-0.15, -0.1) is 0 Å². The highest BCUT2D eigenvalue weighted by Crippen LogP contribution is 2.21. The molecule has 20 heavy (non-hydrogen) atoms. The Morgan fingerprint density at radius 2 is 2.05 bits per heavy atom. The number of carbonyl (C=O) groups is 1. The maximum Gasteiger partial charge on any atom is 0.251 e. The van der Waals surface area contributed by atoms with Gasteiger partial charge in [-0.2, -0.15) is 0 Å². The maximum atomic E-state index is 12.2. The fourth-order valence-corrected chi connectivity index (χ4v) is 2.36. The summed E-state index contributed by atoms with van der Waals surface area (Å²) >= 11 is 3.41. The quantitative estimate of drug-likeness (QED) is 0.910. The highest BCUT2D eigenvalue weighted by molar-refractivity contribution is 9.10. The van der Waals surface area contributed by atoms with E-state index in [1.54, 1.807) is 36.9 Å². The van der Waals surface area contributed by atoms with Crippen LogP contribution >= 0.6 is 15.9 Å². The number of nitrogens with zero attached hydrogens (tertiary/aromatic N) is 2. The summed E-state index contributed by atoms with van der Waals surface area (Å²) in [6.45, 7) is 2.09. The van der Waals surface area contributed by atoms with E-state index in [1.807, 2.05) is 6.07 Å². The van der Waals surface area contributed by atoms with Gasteiger partial charge in [-0.05, 0) is 46.1 Å². The lowest BCUT2D eigenvalue weighted by molar-refractivity contribution is 0.0934. The number of nitrogens with one attached hydrogen (secondary N) is 1. The van der Waals surface area contributed by atoms with E-state index in [9.17, 15) is 4.79 Å². The van der Waals surface area contributed by atoms with E-state index in [2.05, 4.69) is 38.1 Å². The fourth-order valence-electron chi connectivity index (χ4n) is 1.97. The minimum absolute atomic E-state index is 0.0364. The molecule has 104 valence electrons. The van der Waals surface area contributed by atoms with Crippen molar-refractivity contribution in [1.82, 2.24) is 15.3 Å². The van der Waals surface area contributed by atoms with Gasteiger partial charge in [0.05, 0.1) is 6.04 Å². The number of amides is 1.